The van der Waals surface area contributed by atoms with Crippen LogP contribution in [0.3, 0.4) is 0 Å². The van der Waals surface area contributed by atoms with Gasteiger partial charge < -0.3 is 15.5 Å². The van der Waals surface area contributed by atoms with E-state index in [0.29, 0.717) is 3.57 Å². The molecule has 3 unspecified atom stereocenters. The summed E-state index contributed by atoms with van der Waals surface area (Å²) >= 11 is 4.86. The standard InChI is InChI=1S/C9H7BrFIN2O4/c10-4-3(12)1-2-6(5(4)11)13-9(16)7(8(2)15)14(17)18/h1,7-9,13,15-16H. The number of aliphatic hydroxyl groups excluding tert-OH is 2. The van der Waals surface area contributed by atoms with Gasteiger partial charge in [-0.2, -0.15) is 0 Å². The summed E-state index contributed by atoms with van der Waals surface area (Å²) in [6, 6.07) is -0.197. The summed E-state index contributed by atoms with van der Waals surface area (Å²) in [6.45, 7) is 0. The number of nitrogens with zero attached hydrogens (tertiary/aromatic N) is 1. The maximum Gasteiger partial charge on any atom is 0.286 e. The molecule has 0 aliphatic carbocycles. The highest BCUT2D eigenvalue weighted by Crippen LogP contribution is 2.40. The first-order valence-corrected chi connectivity index (χ1v) is 6.65. The average molecular weight is 433 g/mol. The van der Waals surface area contributed by atoms with Crippen molar-refractivity contribution in [2.45, 2.75) is 18.4 Å². The first-order valence-electron chi connectivity index (χ1n) is 4.78. The van der Waals surface area contributed by atoms with Gasteiger partial charge in [-0.1, -0.05) is 0 Å². The van der Waals surface area contributed by atoms with E-state index in [9.17, 15) is 24.7 Å². The number of benzene rings is 1. The van der Waals surface area contributed by atoms with Crippen LogP contribution in [0.1, 0.15) is 11.7 Å². The molecule has 1 aromatic rings. The zero-order chi connectivity index (χ0) is 13.6. The third kappa shape index (κ3) is 2.08. The van der Waals surface area contributed by atoms with E-state index in [4.69, 9.17) is 0 Å². The molecule has 1 aromatic carbocycles. The fourth-order valence-electron chi connectivity index (χ4n) is 1.81. The largest absolute Gasteiger partial charge is 0.381 e. The second kappa shape index (κ2) is 4.87. The molecular weight excluding hydrogens is 426 g/mol. The first-order chi connectivity index (χ1) is 8.34. The number of fused-ring (bicyclic) bond motifs is 1. The van der Waals surface area contributed by atoms with Gasteiger partial charge in [-0.25, -0.2) is 4.39 Å². The van der Waals surface area contributed by atoms with Crippen LogP contribution in [0.2, 0.25) is 0 Å². The third-order valence-corrected chi connectivity index (χ3v) is 5.06. The van der Waals surface area contributed by atoms with Gasteiger partial charge in [-0.15, -0.1) is 0 Å². The molecule has 1 aliphatic heterocycles. The lowest BCUT2D eigenvalue weighted by atomic mass is 9.95. The molecule has 9 heteroatoms. The molecule has 2 rings (SSSR count). The van der Waals surface area contributed by atoms with Gasteiger partial charge in [-0.3, -0.25) is 10.1 Å². The van der Waals surface area contributed by atoms with Gasteiger partial charge in [0.15, 0.2) is 18.1 Å². The molecule has 0 saturated carbocycles. The van der Waals surface area contributed by atoms with Crippen LogP contribution < -0.4 is 5.32 Å². The van der Waals surface area contributed by atoms with E-state index in [1.54, 1.807) is 0 Å². The molecule has 0 amide bonds. The summed E-state index contributed by atoms with van der Waals surface area (Å²) in [6.07, 6.45) is -3.22. The predicted molar refractivity (Wildman–Crippen MR) is 72.2 cm³/mol. The van der Waals surface area contributed by atoms with Crippen molar-refractivity contribution in [3.63, 3.8) is 0 Å². The summed E-state index contributed by atoms with van der Waals surface area (Å²) in [5.41, 5.74) is -0.0625. The number of rotatable bonds is 1. The van der Waals surface area contributed by atoms with Crippen LogP contribution in [0.15, 0.2) is 10.5 Å². The molecule has 0 aromatic heterocycles. The van der Waals surface area contributed by atoms with E-state index < -0.39 is 29.1 Å². The van der Waals surface area contributed by atoms with Crippen LogP contribution in [0.5, 0.6) is 0 Å². The number of nitrogens with one attached hydrogen (secondary N) is 1. The number of hydrogen-bond acceptors (Lipinski definition) is 5. The Morgan fingerprint density at radius 3 is 2.72 bits per heavy atom. The molecule has 98 valence electrons. The maximum atomic E-state index is 13.9. The van der Waals surface area contributed by atoms with Crippen molar-refractivity contribution < 1.29 is 19.5 Å². The molecule has 18 heavy (non-hydrogen) atoms. The molecule has 6 nitrogen and oxygen atoms in total. The lowest BCUT2D eigenvalue weighted by Crippen LogP contribution is -2.47. The Labute approximate surface area is 123 Å². The smallest absolute Gasteiger partial charge is 0.286 e. The van der Waals surface area contributed by atoms with Crippen LogP contribution in [0, 0.1) is 19.5 Å². The Balaban J connectivity index is 2.59. The molecule has 3 atom stereocenters. The van der Waals surface area contributed by atoms with Crippen LogP contribution in [-0.4, -0.2) is 27.4 Å². The first kappa shape index (κ1) is 13.9. The number of anilines is 1. The van der Waals surface area contributed by atoms with Crippen LogP contribution in [-0.2, 0) is 0 Å². The predicted octanol–water partition coefficient (Wildman–Crippen LogP) is 1.62. The van der Waals surface area contributed by atoms with Gasteiger partial charge in [0.05, 0.1) is 10.2 Å². The molecule has 0 fully saturated rings. The Bertz CT molecular complexity index is 530. The van der Waals surface area contributed by atoms with Crippen molar-refractivity contribution in [2.24, 2.45) is 0 Å². The zero-order valence-corrected chi connectivity index (χ0v) is 12.3. The van der Waals surface area contributed by atoms with E-state index >= 15 is 0 Å². The van der Waals surface area contributed by atoms with E-state index in [-0.39, 0.29) is 15.7 Å². The van der Waals surface area contributed by atoms with E-state index in [0.717, 1.165) is 0 Å². The molecule has 0 bridgehead atoms. The van der Waals surface area contributed by atoms with Gasteiger partial charge in [-0.05, 0) is 44.6 Å². The van der Waals surface area contributed by atoms with Crippen molar-refractivity contribution in [3.8, 4) is 0 Å². The summed E-state index contributed by atoms with van der Waals surface area (Å²) in [4.78, 5) is 9.97. The lowest BCUT2D eigenvalue weighted by molar-refractivity contribution is -0.546. The molecule has 1 heterocycles. The van der Waals surface area contributed by atoms with Crippen molar-refractivity contribution in [1.82, 2.24) is 0 Å². The van der Waals surface area contributed by atoms with Gasteiger partial charge >= 0.3 is 0 Å². The minimum Gasteiger partial charge on any atom is -0.381 e. The summed E-state index contributed by atoms with van der Waals surface area (Å²) < 4.78 is 14.6. The maximum absolute atomic E-state index is 13.9. The molecule has 0 radical (unpaired) electrons. The second-order valence-electron chi connectivity index (χ2n) is 3.76. The zero-order valence-electron chi connectivity index (χ0n) is 8.60. The van der Waals surface area contributed by atoms with Gasteiger partial charge in [0.25, 0.3) is 6.04 Å². The fourth-order valence-corrected chi connectivity index (χ4v) is 2.70. The highest BCUT2D eigenvalue weighted by Gasteiger charge is 2.45. The van der Waals surface area contributed by atoms with Gasteiger partial charge in [0.2, 0.25) is 0 Å². The SMILES string of the molecule is O=[N+]([O-])C1C(O)Nc2c(cc(I)c(Br)c2F)C1O. The molecule has 0 saturated heterocycles. The van der Waals surface area contributed by atoms with Crippen molar-refractivity contribution >= 4 is 44.2 Å². The van der Waals surface area contributed by atoms with E-state index in [1.807, 2.05) is 22.6 Å². The van der Waals surface area contributed by atoms with Crippen molar-refractivity contribution in [2.75, 3.05) is 5.32 Å². The Morgan fingerprint density at radius 2 is 2.17 bits per heavy atom. The number of halogens is 3. The van der Waals surface area contributed by atoms with Crippen molar-refractivity contribution in [3.05, 3.63) is 35.6 Å². The van der Waals surface area contributed by atoms with Crippen LogP contribution in [0.25, 0.3) is 0 Å². The number of hydrogen-bond donors (Lipinski definition) is 3. The topological polar surface area (TPSA) is 95.6 Å². The summed E-state index contributed by atoms with van der Waals surface area (Å²) in [7, 11) is 0. The lowest BCUT2D eigenvalue weighted by Gasteiger charge is -2.30. The second-order valence-corrected chi connectivity index (χ2v) is 5.72. The fraction of sp³-hybridized carbons (Fsp3) is 0.333. The minimum absolute atomic E-state index is 0.0621. The monoisotopic (exact) mass is 432 g/mol. The average Bonchev–Trinajstić information content (AvgIpc) is 2.28. The van der Waals surface area contributed by atoms with Gasteiger partial charge in [0, 0.05) is 14.1 Å². The highest BCUT2D eigenvalue weighted by atomic mass is 127. The molecule has 3 N–H and O–H groups in total. The summed E-state index contributed by atoms with van der Waals surface area (Å²) in [5.74, 6) is -0.697. The Hall–Kier alpha value is -0.520. The van der Waals surface area contributed by atoms with Crippen molar-refractivity contribution in [1.29, 1.82) is 0 Å². The van der Waals surface area contributed by atoms with E-state index in [1.165, 1.54) is 6.07 Å². The van der Waals surface area contributed by atoms with Crippen LogP contribution in [0.4, 0.5) is 10.1 Å². The molecular formula is C9H7BrFIN2O4. The minimum atomic E-state index is -1.65. The Morgan fingerprint density at radius 1 is 1.56 bits per heavy atom. The Kier molecular flexibility index (Phi) is 3.76. The van der Waals surface area contributed by atoms with Crippen LogP contribution >= 0.6 is 38.5 Å². The molecule has 1 aliphatic rings. The van der Waals surface area contributed by atoms with Gasteiger partial charge in [0.1, 0.15) is 0 Å². The van der Waals surface area contributed by atoms with E-state index in [2.05, 4.69) is 21.2 Å². The quantitative estimate of drug-likeness (QED) is 0.271. The number of aliphatic hydroxyl groups is 2. The summed E-state index contributed by atoms with van der Waals surface area (Å²) in [5, 5.41) is 32.5. The highest BCUT2D eigenvalue weighted by molar-refractivity contribution is 14.1. The third-order valence-electron chi connectivity index (χ3n) is 2.69. The number of nitro groups is 1. The molecule has 0 spiro atoms. The normalized spacial score (nSPS) is 26.4.